The van der Waals surface area contributed by atoms with Crippen LogP contribution in [0.25, 0.3) is 11.4 Å². The summed E-state index contributed by atoms with van der Waals surface area (Å²) in [6, 6.07) is 11.9. The molecule has 140 valence electrons. The number of aryl methyl sites for hydroxylation is 1. The van der Waals surface area contributed by atoms with E-state index in [1.54, 1.807) is 0 Å². The van der Waals surface area contributed by atoms with Crippen molar-refractivity contribution in [2.24, 2.45) is 5.92 Å². The Hall–Kier alpha value is -2.89. The molecule has 1 aromatic carbocycles. The van der Waals surface area contributed by atoms with Crippen LogP contribution in [0.5, 0.6) is 0 Å². The van der Waals surface area contributed by atoms with Crippen molar-refractivity contribution >= 4 is 5.91 Å². The first-order chi connectivity index (χ1) is 13.2. The van der Waals surface area contributed by atoms with Crippen LogP contribution in [-0.4, -0.2) is 38.6 Å². The van der Waals surface area contributed by atoms with Gasteiger partial charge in [-0.15, -0.1) is 0 Å². The monoisotopic (exact) mass is 364 g/mol. The van der Waals surface area contributed by atoms with E-state index in [-0.39, 0.29) is 5.91 Å². The topological polar surface area (TPSA) is 64.2 Å². The predicted molar refractivity (Wildman–Crippen MR) is 102 cm³/mol. The van der Waals surface area contributed by atoms with Crippen LogP contribution in [0.1, 0.15) is 24.3 Å². The molecule has 3 heterocycles. The third kappa shape index (κ3) is 4.10. The number of hydrogen-bond acceptors (Lipinski definition) is 4. The second kappa shape index (κ2) is 7.78. The summed E-state index contributed by atoms with van der Waals surface area (Å²) < 4.78 is 7.40. The molecule has 1 fully saturated rings. The van der Waals surface area contributed by atoms with Gasteiger partial charge in [0.25, 0.3) is 0 Å². The number of rotatable bonds is 5. The van der Waals surface area contributed by atoms with Crippen molar-refractivity contribution < 1.29 is 9.32 Å². The van der Waals surface area contributed by atoms with Gasteiger partial charge < -0.3 is 14.0 Å². The maximum Gasteiger partial charge on any atom is 0.242 e. The van der Waals surface area contributed by atoms with E-state index in [9.17, 15) is 4.79 Å². The Labute approximate surface area is 158 Å². The second-order valence-electron chi connectivity index (χ2n) is 7.23. The summed E-state index contributed by atoms with van der Waals surface area (Å²) in [5, 5.41) is 4.15. The first-order valence-electron chi connectivity index (χ1n) is 9.46. The van der Waals surface area contributed by atoms with Crippen LogP contribution in [0.2, 0.25) is 0 Å². The highest BCUT2D eigenvalue weighted by molar-refractivity contribution is 5.76. The molecule has 4 rings (SSSR count). The average molecular weight is 364 g/mol. The van der Waals surface area contributed by atoms with Crippen molar-refractivity contribution in [2.45, 2.75) is 32.7 Å². The highest BCUT2D eigenvalue weighted by Gasteiger charge is 2.25. The van der Waals surface area contributed by atoms with Crippen molar-refractivity contribution in [1.82, 2.24) is 19.6 Å². The van der Waals surface area contributed by atoms with Crippen molar-refractivity contribution in [3.8, 4) is 11.4 Å². The zero-order chi connectivity index (χ0) is 18.6. The quantitative estimate of drug-likeness (QED) is 0.697. The Balaban J connectivity index is 1.38. The van der Waals surface area contributed by atoms with Gasteiger partial charge in [0, 0.05) is 37.5 Å². The molecule has 0 aliphatic carbocycles. The van der Waals surface area contributed by atoms with Crippen LogP contribution < -0.4 is 0 Å². The fourth-order valence-corrected chi connectivity index (χ4v) is 3.71. The van der Waals surface area contributed by atoms with Gasteiger partial charge in [0.05, 0.1) is 0 Å². The Bertz CT molecular complexity index is 901. The van der Waals surface area contributed by atoms with Gasteiger partial charge in [0.15, 0.2) is 0 Å². The third-order valence-corrected chi connectivity index (χ3v) is 5.17. The molecule has 27 heavy (non-hydrogen) atoms. The number of aromatic nitrogens is 3. The van der Waals surface area contributed by atoms with Crippen LogP contribution >= 0.6 is 0 Å². The molecule has 1 saturated heterocycles. The molecular weight excluding hydrogens is 340 g/mol. The number of piperidine rings is 1. The number of likely N-dealkylation sites (tertiary alicyclic amines) is 1. The van der Waals surface area contributed by atoms with E-state index in [4.69, 9.17) is 4.52 Å². The van der Waals surface area contributed by atoms with Gasteiger partial charge >= 0.3 is 0 Å². The standard InChI is InChI=1S/C21H24N4O2/c1-16-7-2-3-9-18(16)21-22-19(27-23-21)13-17-8-6-12-25(14-17)20(26)15-24-10-4-5-11-24/h2-5,7,9-11,17H,6,8,12-15H2,1H3/t17-/m0/s1. The van der Waals surface area contributed by atoms with Crippen LogP contribution in [-0.2, 0) is 17.8 Å². The normalized spacial score (nSPS) is 17.2. The van der Waals surface area contributed by atoms with Crippen molar-refractivity contribution in [1.29, 1.82) is 0 Å². The zero-order valence-corrected chi connectivity index (χ0v) is 15.5. The molecule has 0 spiro atoms. The predicted octanol–water partition coefficient (Wildman–Crippen LogP) is 3.33. The lowest BCUT2D eigenvalue weighted by molar-refractivity contribution is -0.133. The zero-order valence-electron chi connectivity index (χ0n) is 15.5. The van der Waals surface area contributed by atoms with E-state index in [2.05, 4.69) is 10.1 Å². The Morgan fingerprint density at radius 1 is 1.22 bits per heavy atom. The lowest BCUT2D eigenvalue weighted by Gasteiger charge is -2.32. The fraction of sp³-hybridized carbons (Fsp3) is 0.381. The van der Waals surface area contributed by atoms with Gasteiger partial charge in [-0.25, -0.2) is 0 Å². The first-order valence-corrected chi connectivity index (χ1v) is 9.46. The third-order valence-electron chi connectivity index (χ3n) is 5.17. The van der Waals surface area contributed by atoms with Crippen LogP contribution in [0.3, 0.4) is 0 Å². The Morgan fingerprint density at radius 2 is 2.04 bits per heavy atom. The summed E-state index contributed by atoms with van der Waals surface area (Å²) in [6.07, 6.45) is 6.65. The summed E-state index contributed by atoms with van der Waals surface area (Å²) in [5.41, 5.74) is 2.13. The number of amides is 1. The minimum absolute atomic E-state index is 0.169. The molecule has 1 aliphatic rings. The molecule has 1 atom stereocenters. The largest absolute Gasteiger partial charge is 0.345 e. The molecule has 6 nitrogen and oxygen atoms in total. The van der Waals surface area contributed by atoms with Crippen molar-refractivity contribution in [3.05, 3.63) is 60.2 Å². The molecule has 0 N–H and O–H groups in total. The molecule has 0 radical (unpaired) electrons. The molecule has 2 aromatic heterocycles. The van der Waals surface area contributed by atoms with E-state index >= 15 is 0 Å². The minimum Gasteiger partial charge on any atom is -0.345 e. The van der Waals surface area contributed by atoms with E-state index in [0.717, 1.165) is 37.1 Å². The van der Waals surface area contributed by atoms with Gasteiger partial charge in [-0.2, -0.15) is 4.98 Å². The van der Waals surface area contributed by atoms with E-state index < -0.39 is 0 Å². The number of hydrogen-bond donors (Lipinski definition) is 0. The van der Waals surface area contributed by atoms with Crippen LogP contribution in [0, 0.1) is 12.8 Å². The van der Waals surface area contributed by atoms with Gasteiger partial charge in [-0.05, 0) is 43.4 Å². The average Bonchev–Trinajstić information content (AvgIpc) is 3.34. The number of nitrogens with zero attached hydrogens (tertiary/aromatic N) is 4. The van der Waals surface area contributed by atoms with Crippen molar-refractivity contribution in [2.75, 3.05) is 13.1 Å². The van der Waals surface area contributed by atoms with Gasteiger partial charge in [-0.1, -0.05) is 29.4 Å². The number of carbonyl (C=O) groups is 1. The first kappa shape index (κ1) is 17.5. The summed E-state index contributed by atoms with van der Waals surface area (Å²) in [5.74, 6) is 1.82. The van der Waals surface area contributed by atoms with Crippen molar-refractivity contribution in [3.63, 3.8) is 0 Å². The van der Waals surface area contributed by atoms with E-state index in [1.165, 1.54) is 0 Å². The SMILES string of the molecule is Cc1ccccc1-c1noc(C[C@@H]2CCCN(C(=O)Cn3cccc3)C2)n1. The molecule has 0 saturated carbocycles. The number of carbonyl (C=O) groups excluding carboxylic acids is 1. The van der Waals surface area contributed by atoms with Gasteiger partial charge in [0.1, 0.15) is 6.54 Å². The lowest BCUT2D eigenvalue weighted by atomic mass is 9.94. The smallest absolute Gasteiger partial charge is 0.242 e. The summed E-state index contributed by atoms with van der Waals surface area (Å²) in [7, 11) is 0. The molecule has 0 bridgehead atoms. The number of benzene rings is 1. The maximum absolute atomic E-state index is 12.5. The lowest BCUT2D eigenvalue weighted by Crippen LogP contribution is -2.42. The summed E-state index contributed by atoms with van der Waals surface area (Å²) >= 11 is 0. The van der Waals surface area contributed by atoms with Gasteiger partial charge in [-0.3, -0.25) is 4.79 Å². The van der Waals surface area contributed by atoms with Crippen LogP contribution in [0.4, 0.5) is 0 Å². The highest BCUT2D eigenvalue weighted by Crippen LogP contribution is 2.24. The molecule has 0 unspecified atom stereocenters. The molecule has 1 aliphatic heterocycles. The Kier molecular flexibility index (Phi) is 5.05. The molecular formula is C21H24N4O2. The molecule has 1 amide bonds. The molecule has 3 aromatic rings. The van der Waals surface area contributed by atoms with Gasteiger partial charge in [0.2, 0.25) is 17.6 Å². The van der Waals surface area contributed by atoms with E-state index in [0.29, 0.717) is 30.6 Å². The Morgan fingerprint density at radius 3 is 2.85 bits per heavy atom. The maximum atomic E-state index is 12.5. The summed E-state index contributed by atoms with van der Waals surface area (Å²) in [4.78, 5) is 19.1. The second-order valence-corrected chi connectivity index (χ2v) is 7.23. The van der Waals surface area contributed by atoms with E-state index in [1.807, 2.05) is 65.2 Å². The minimum atomic E-state index is 0.169. The fourth-order valence-electron chi connectivity index (χ4n) is 3.71. The van der Waals surface area contributed by atoms with Crippen LogP contribution in [0.15, 0.2) is 53.3 Å². The highest BCUT2D eigenvalue weighted by atomic mass is 16.5. The summed E-state index contributed by atoms with van der Waals surface area (Å²) in [6.45, 7) is 4.02. The molecule has 6 heteroatoms.